The van der Waals surface area contributed by atoms with Crippen LogP contribution in [0.25, 0.3) is 0 Å². The summed E-state index contributed by atoms with van der Waals surface area (Å²) in [4.78, 5) is 14.7. The highest BCUT2D eigenvalue weighted by Crippen LogP contribution is 2.41. The Morgan fingerprint density at radius 2 is 1.58 bits per heavy atom. The number of rotatable bonds is 10. The molecule has 3 aromatic carbocycles. The van der Waals surface area contributed by atoms with Crippen molar-refractivity contribution >= 4 is 23.2 Å². The van der Waals surface area contributed by atoms with Crippen LogP contribution in [0.3, 0.4) is 0 Å². The summed E-state index contributed by atoms with van der Waals surface area (Å²) in [6, 6.07) is 22.9. The molecular weight excluding hydrogens is 486 g/mol. The predicted molar refractivity (Wildman–Crippen MR) is 163 cm³/mol. The molecule has 5 heteroatoms. The highest BCUT2D eigenvalue weighted by Gasteiger charge is 2.30. The molecule has 6 N–H and O–H groups in total. The highest BCUT2D eigenvalue weighted by atomic mass is 32.2. The van der Waals surface area contributed by atoms with Crippen LogP contribution in [-0.2, 0) is 28.6 Å². The van der Waals surface area contributed by atoms with Crippen molar-refractivity contribution in [3.05, 3.63) is 105 Å². The fourth-order valence-electron chi connectivity index (χ4n) is 4.87. The van der Waals surface area contributed by atoms with Gasteiger partial charge in [-0.15, -0.1) is 0 Å². The number of hydrogen-bond acceptors (Lipinski definition) is 5. The summed E-state index contributed by atoms with van der Waals surface area (Å²) in [5.41, 5.74) is 25.7. The van der Waals surface area contributed by atoms with E-state index in [1.807, 2.05) is 18.2 Å². The molecule has 0 amide bonds. The first kappa shape index (κ1) is 29.5. The molecule has 0 spiro atoms. The third-order valence-electron chi connectivity index (χ3n) is 7.29. The van der Waals surface area contributed by atoms with Crippen LogP contribution in [0.5, 0.6) is 0 Å². The number of nitrogens with two attached hydrogens (primary N) is 3. The largest absolute Gasteiger partial charge is 0.401 e. The highest BCUT2D eigenvalue weighted by molar-refractivity contribution is 8.04. The number of carbonyl (C=O) groups excluding carboxylic acids is 1. The number of benzene rings is 3. The van der Waals surface area contributed by atoms with Gasteiger partial charge in [-0.25, -0.2) is 0 Å². The first-order valence-corrected chi connectivity index (χ1v) is 14.1. The van der Waals surface area contributed by atoms with E-state index in [9.17, 15) is 4.79 Å². The molecule has 0 radical (unpaired) electrons. The van der Waals surface area contributed by atoms with Gasteiger partial charge in [-0.3, -0.25) is 4.79 Å². The zero-order valence-electron chi connectivity index (χ0n) is 23.7. The Hall–Kier alpha value is -3.02. The van der Waals surface area contributed by atoms with Crippen molar-refractivity contribution < 1.29 is 4.79 Å². The molecule has 0 saturated heterocycles. The third-order valence-corrected chi connectivity index (χ3v) is 8.60. The van der Waals surface area contributed by atoms with Crippen LogP contribution in [0.2, 0.25) is 0 Å². The molecule has 0 aromatic heterocycles. The molecule has 202 valence electrons. The van der Waals surface area contributed by atoms with Crippen LogP contribution in [0.4, 0.5) is 5.69 Å². The maximum atomic E-state index is 13.0. The zero-order chi connectivity index (χ0) is 28.1. The number of hydrogen-bond donors (Lipinski definition) is 3. The van der Waals surface area contributed by atoms with Gasteiger partial charge in [0, 0.05) is 22.8 Å². The van der Waals surface area contributed by atoms with Crippen LogP contribution in [-0.4, -0.2) is 5.78 Å². The summed E-state index contributed by atoms with van der Waals surface area (Å²) in [7, 11) is 0. The Balaban J connectivity index is 2.01. The van der Waals surface area contributed by atoms with Gasteiger partial charge in [0.2, 0.25) is 0 Å². The Labute approximate surface area is 233 Å². The Kier molecular flexibility index (Phi) is 9.50. The number of thioether (sulfide) groups is 1. The lowest BCUT2D eigenvalue weighted by molar-refractivity contribution is -0.113. The number of carbonyl (C=O) groups is 1. The van der Waals surface area contributed by atoms with E-state index < -0.39 is 0 Å². The van der Waals surface area contributed by atoms with Crippen LogP contribution in [0.1, 0.15) is 75.3 Å². The molecule has 3 rings (SSSR count). The third kappa shape index (κ3) is 7.30. The quantitative estimate of drug-likeness (QED) is 0.147. The summed E-state index contributed by atoms with van der Waals surface area (Å²) in [5.74, 6) is -0.0122. The number of allylic oxidation sites excluding steroid dienone is 2. The van der Waals surface area contributed by atoms with Gasteiger partial charge >= 0.3 is 0 Å². The second kappa shape index (κ2) is 12.2. The lowest BCUT2D eigenvalue weighted by Gasteiger charge is -2.32. The van der Waals surface area contributed by atoms with Gasteiger partial charge in [0.25, 0.3) is 0 Å². The predicted octanol–water partition coefficient (Wildman–Crippen LogP) is 7.17. The minimum Gasteiger partial charge on any atom is -0.401 e. The monoisotopic (exact) mass is 529 g/mol. The molecule has 0 fully saturated rings. The molecule has 0 aliphatic carbocycles. The molecule has 0 aliphatic heterocycles. The SMILES string of the molecule is CC(=O)/C(Sc1cc(C)c(CN)cc1C(C)(C)C)=C(/N)CC(C)(CCc1ccc(N)cc1)c1ccccc1. The standard InChI is InChI=1S/C33H43N3OS/c1-22-18-30(28(32(3,4)5)19-25(22)21-34)38-31(23(2)37)29(36)20-33(6,26-10-8-7-9-11-26)17-16-24-12-14-27(35)15-13-24/h7-15,18-19H,16-17,20-21,34-36H2,1-6H3/b31-29-. The van der Waals surface area contributed by atoms with E-state index in [1.54, 1.807) is 6.92 Å². The summed E-state index contributed by atoms with van der Waals surface area (Å²) >= 11 is 1.49. The molecule has 1 unspecified atom stereocenters. The average molecular weight is 530 g/mol. The second-order valence-corrected chi connectivity index (χ2v) is 12.6. The van der Waals surface area contributed by atoms with Crippen molar-refractivity contribution in [1.29, 1.82) is 0 Å². The summed E-state index contributed by atoms with van der Waals surface area (Å²) in [5, 5.41) is 0. The average Bonchev–Trinajstić information content (AvgIpc) is 2.86. The van der Waals surface area contributed by atoms with E-state index in [0.717, 1.165) is 34.6 Å². The minimum absolute atomic E-state index is 0.0122. The Morgan fingerprint density at radius 3 is 2.13 bits per heavy atom. The van der Waals surface area contributed by atoms with Gasteiger partial charge in [-0.1, -0.05) is 88.0 Å². The van der Waals surface area contributed by atoms with E-state index in [1.165, 1.54) is 28.5 Å². The minimum atomic E-state index is -0.250. The molecule has 38 heavy (non-hydrogen) atoms. The molecule has 0 aliphatic rings. The van der Waals surface area contributed by atoms with Gasteiger partial charge in [0.15, 0.2) is 5.78 Å². The molecule has 1 atom stereocenters. The summed E-state index contributed by atoms with van der Waals surface area (Å²) in [6.45, 7) is 13.0. The van der Waals surface area contributed by atoms with E-state index >= 15 is 0 Å². The zero-order valence-corrected chi connectivity index (χ0v) is 24.5. The van der Waals surface area contributed by atoms with Crippen LogP contribution in [0.15, 0.2) is 82.2 Å². The first-order valence-electron chi connectivity index (χ1n) is 13.3. The number of aryl methyl sites for hydroxylation is 2. The number of ketones is 1. The van der Waals surface area contributed by atoms with Crippen molar-refractivity contribution in [2.75, 3.05) is 5.73 Å². The van der Waals surface area contributed by atoms with Crippen molar-refractivity contribution in [1.82, 2.24) is 0 Å². The topological polar surface area (TPSA) is 95.1 Å². The molecule has 4 nitrogen and oxygen atoms in total. The van der Waals surface area contributed by atoms with Gasteiger partial charge < -0.3 is 17.2 Å². The fraction of sp³-hybridized carbons (Fsp3) is 0.364. The molecular formula is C33H43N3OS. The molecule has 0 saturated carbocycles. The molecule has 3 aromatic rings. The van der Waals surface area contributed by atoms with Crippen LogP contribution >= 0.6 is 11.8 Å². The summed E-state index contributed by atoms with van der Waals surface area (Å²) in [6.07, 6.45) is 2.35. The second-order valence-electron chi connectivity index (χ2n) is 11.6. The van der Waals surface area contributed by atoms with Crippen molar-refractivity contribution in [2.24, 2.45) is 11.5 Å². The van der Waals surface area contributed by atoms with Gasteiger partial charge in [0.05, 0.1) is 4.91 Å². The molecule has 0 bridgehead atoms. The van der Waals surface area contributed by atoms with E-state index in [2.05, 4.69) is 83.1 Å². The Bertz CT molecular complexity index is 1290. The summed E-state index contributed by atoms with van der Waals surface area (Å²) < 4.78 is 0. The van der Waals surface area contributed by atoms with Gasteiger partial charge in [-0.05, 0) is 90.0 Å². The smallest absolute Gasteiger partial charge is 0.168 e. The maximum absolute atomic E-state index is 13.0. The van der Waals surface area contributed by atoms with Gasteiger partial charge in [0.1, 0.15) is 0 Å². The van der Waals surface area contributed by atoms with Crippen molar-refractivity contribution in [3.63, 3.8) is 0 Å². The Morgan fingerprint density at radius 1 is 0.947 bits per heavy atom. The van der Waals surface area contributed by atoms with E-state index in [0.29, 0.717) is 23.6 Å². The molecule has 0 heterocycles. The maximum Gasteiger partial charge on any atom is 0.168 e. The fourth-order valence-corrected chi connectivity index (χ4v) is 6.15. The number of anilines is 1. The van der Waals surface area contributed by atoms with Crippen LogP contribution in [0, 0.1) is 6.92 Å². The lowest BCUT2D eigenvalue weighted by Crippen LogP contribution is -2.27. The van der Waals surface area contributed by atoms with Gasteiger partial charge in [-0.2, -0.15) is 0 Å². The normalized spacial score (nSPS) is 14.1. The number of Topliss-reactive ketones (excluding diaryl/α,β-unsaturated/α-hetero) is 1. The van der Waals surface area contributed by atoms with Crippen molar-refractivity contribution in [2.45, 2.75) is 83.1 Å². The number of nitrogen functional groups attached to an aromatic ring is 1. The van der Waals surface area contributed by atoms with E-state index in [-0.39, 0.29) is 16.6 Å². The van der Waals surface area contributed by atoms with E-state index in [4.69, 9.17) is 17.2 Å². The first-order chi connectivity index (χ1) is 17.8. The van der Waals surface area contributed by atoms with Crippen molar-refractivity contribution in [3.8, 4) is 0 Å². The lowest BCUT2D eigenvalue weighted by atomic mass is 9.74. The van der Waals surface area contributed by atoms with Crippen LogP contribution < -0.4 is 17.2 Å².